The SMILES string of the molecule is Cc1c(-c2ncco2)sc2c1c(=O)n(C(C)(C)OC(=O)C(C)(C)C)c(=O)n2C[C@H](OCC(C)COC1CCCCO1)c1ccccc1. The van der Waals surface area contributed by atoms with E-state index in [0.717, 1.165) is 29.4 Å². The Morgan fingerprint density at radius 2 is 1.85 bits per heavy atom. The maximum absolute atomic E-state index is 14.5. The third-order valence-electron chi connectivity index (χ3n) is 8.14. The van der Waals surface area contributed by atoms with Crippen molar-refractivity contribution in [1.82, 2.24) is 14.1 Å². The fourth-order valence-electron chi connectivity index (χ4n) is 5.48. The highest BCUT2D eigenvalue weighted by molar-refractivity contribution is 7.22. The minimum atomic E-state index is -1.60. The van der Waals surface area contributed by atoms with Crippen molar-refractivity contribution in [2.45, 2.75) is 92.4 Å². The molecule has 0 bridgehead atoms. The van der Waals surface area contributed by atoms with Gasteiger partial charge in [0.1, 0.15) is 17.2 Å². The van der Waals surface area contributed by atoms with Crippen molar-refractivity contribution in [3.8, 4) is 10.8 Å². The van der Waals surface area contributed by atoms with E-state index in [-0.39, 0.29) is 18.8 Å². The Hall–Kier alpha value is -3.58. The molecule has 12 heteroatoms. The van der Waals surface area contributed by atoms with Crippen LogP contribution in [0.25, 0.3) is 21.0 Å². The molecular formula is C35H45N3O8S. The summed E-state index contributed by atoms with van der Waals surface area (Å²) >= 11 is 1.26. The second kappa shape index (κ2) is 14.3. The van der Waals surface area contributed by atoms with Gasteiger partial charge in [-0.25, -0.2) is 14.3 Å². The maximum atomic E-state index is 14.5. The van der Waals surface area contributed by atoms with Crippen molar-refractivity contribution in [2.75, 3.05) is 19.8 Å². The van der Waals surface area contributed by atoms with E-state index in [1.54, 1.807) is 46.1 Å². The molecule has 0 aliphatic carbocycles. The Bertz CT molecular complexity index is 1780. The highest BCUT2D eigenvalue weighted by Crippen LogP contribution is 2.37. The van der Waals surface area contributed by atoms with Crippen LogP contribution in [0.2, 0.25) is 0 Å². The van der Waals surface area contributed by atoms with E-state index >= 15 is 0 Å². The van der Waals surface area contributed by atoms with Crippen molar-refractivity contribution in [2.24, 2.45) is 11.3 Å². The summed E-state index contributed by atoms with van der Waals surface area (Å²) in [5, 5.41) is 0.323. The predicted octanol–water partition coefficient (Wildman–Crippen LogP) is 6.41. The van der Waals surface area contributed by atoms with E-state index in [1.165, 1.54) is 23.8 Å². The average molecular weight is 668 g/mol. The van der Waals surface area contributed by atoms with Gasteiger partial charge in [-0.2, -0.15) is 0 Å². The highest BCUT2D eigenvalue weighted by atomic mass is 32.1. The highest BCUT2D eigenvalue weighted by Gasteiger charge is 2.36. The molecule has 1 fully saturated rings. The van der Waals surface area contributed by atoms with E-state index in [2.05, 4.69) is 4.98 Å². The number of hydrogen-bond acceptors (Lipinski definition) is 10. The minimum Gasteiger partial charge on any atom is -0.444 e. The number of rotatable bonds is 12. The first-order valence-electron chi connectivity index (χ1n) is 16.1. The Morgan fingerprint density at radius 3 is 2.49 bits per heavy atom. The lowest BCUT2D eigenvalue weighted by Crippen LogP contribution is -2.52. The van der Waals surface area contributed by atoms with Crippen molar-refractivity contribution >= 4 is 27.5 Å². The first kappa shape index (κ1) is 34.7. The van der Waals surface area contributed by atoms with Crippen molar-refractivity contribution in [3.63, 3.8) is 0 Å². The molecule has 0 spiro atoms. The summed E-state index contributed by atoms with van der Waals surface area (Å²) in [6, 6.07) is 9.66. The molecule has 0 radical (unpaired) electrons. The summed E-state index contributed by atoms with van der Waals surface area (Å²) < 4.78 is 32.3. The van der Waals surface area contributed by atoms with Crippen molar-refractivity contribution in [3.05, 3.63) is 74.8 Å². The molecule has 4 aromatic rings. The van der Waals surface area contributed by atoms with Gasteiger partial charge in [0, 0.05) is 12.5 Å². The standard InChI is InChI=1S/C35H45N3O8S/c1-22(21-45-26-15-11-12-17-42-26)20-44-25(24-13-9-8-10-14-24)19-37-31-27(23(2)28(47-31)29-36-16-18-43-29)30(39)38(33(37)41)35(6,7)46-32(40)34(3,4)5/h8-10,13-14,16,18,22,25-26H,11-12,15,17,19-21H2,1-7H3/t22?,25-,26?/m0/s1. The molecule has 1 aliphatic rings. The summed E-state index contributed by atoms with van der Waals surface area (Å²) in [6.45, 7) is 13.7. The van der Waals surface area contributed by atoms with Gasteiger partial charge in [0.15, 0.2) is 12.0 Å². The lowest BCUT2D eigenvalue weighted by Gasteiger charge is -2.31. The Balaban J connectivity index is 1.56. The second-order valence-electron chi connectivity index (χ2n) is 13.7. The molecule has 47 heavy (non-hydrogen) atoms. The summed E-state index contributed by atoms with van der Waals surface area (Å²) in [7, 11) is 0. The van der Waals surface area contributed by atoms with E-state index in [9.17, 15) is 14.4 Å². The smallest absolute Gasteiger partial charge is 0.335 e. The quantitative estimate of drug-likeness (QED) is 0.158. The number of ether oxygens (including phenoxy) is 4. The molecule has 254 valence electrons. The number of fused-ring (bicyclic) bond motifs is 1. The normalized spacial score (nSPS) is 17.1. The van der Waals surface area contributed by atoms with Crippen molar-refractivity contribution < 1.29 is 28.2 Å². The number of thiophene rings is 1. The first-order valence-corrected chi connectivity index (χ1v) is 16.9. The molecular weight excluding hydrogens is 622 g/mol. The van der Waals surface area contributed by atoms with Crippen LogP contribution >= 0.6 is 11.3 Å². The third kappa shape index (κ3) is 7.77. The number of hydrogen-bond donors (Lipinski definition) is 0. The maximum Gasteiger partial charge on any atom is 0.335 e. The van der Waals surface area contributed by atoms with Gasteiger partial charge < -0.3 is 23.4 Å². The van der Waals surface area contributed by atoms with Gasteiger partial charge in [-0.3, -0.25) is 14.2 Å². The van der Waals surface area contributed by atoms with E-state index in [0.29, 0.717) is 46.4 Å². The lowest BCUT2D eigenvalue weighted by atomic mass is 9.97. The number of carbonyl (C=O) groups excluding carboxylic acids is 1. The topological polar surface area (TPSA) is 124 Å². The molecule has 1 aromatic carbocycles. The number of benzene rings is 1. The van der Waals surface area contributed by atoms with Crippen LogP contribution in [0, 0.1) is 18.3 Å². The third-order valence-corrected chi connectivity index (χ3v) is 9.44. The number of aryl methyl sites for hydroxylation is 1. The zero-order valence-corrected chi connectivity index (χ0v) is 29.1. The number of esters is 1. The van der Waals surface area contributed by atoms with Gasteiger partial charge in [0.25, 0.3) is 5.56 Å². The molecule has 2 unspecified atom stereocenters. The zero-order chi connectivity index (χ0) is 33.9. The zero-order valence-electron chi connectivity index (χ0n) is 28.2. The van der Waals surface area contributed by atoms with E-state index in [1.807, 2.05) is 37.3 Å². The minimum absolute atomic E-state index is 0.0498. The Kier molecular flexibility index (Phi) is 10.5. The van der Waals surface area contributed by atoms with Gasteiger partial charge in [-0.1, -0.05) is 37.3 Å². The van der Waals surface area contributed by atoms with Crippen LogP contribution in [-0.4, -0.2) is 46.2 Å². The van der Waals surface area contributed by atoms with Crippen LogP contribution in [0.15, 0.2) is 56.8 Å². The lowest BCUT2D eigenvalue weighted by molar-refractivity contribution is -0.177. The van der Waals surface area contributed by atoms with Gasteiger partial charge >= 0.3 is 11.7 Å². The number of aromatic nitrogens is 3. The number of carbonyl (C=O) groups is 1. The first-order chi connectivity index (χ1) is 22.3. The molecule has 0 saturated carbocycles. The number of nitrogens with zero attached hydrogens (tertiary/aromatic N) is 3. The average Bonchev–Trinajstić information content (AvgIpc) is 3.68. The summed E-state index contributed by atoms with van der Waals surface area (Å²) in [5.74, 6) is -0.143. The largest absolute Gasteiger partial charge is 0.444 e. The fourth-order valence-corrected chi connectivity index (χ4v) is 6.72. The molecule has 3 atom stereocenters. The number of oxazole rings is 1. The van der Waals surface area contributed by atoms with Crippen LogP contribution in [0.4, 0.5) is 0 Å². The molecule has 1 saturated heterocycles. The van der Waals surface area contributed by atoms with Crippen LogP contribution in [-0.2, 0) is 36.0 Å². The Morgan fingerprint density at radius 1 is 1.11 bits per heavy atom. The van der Waals surface area contributed by atoms with Gasteiger partial charge in [0.05, 0.1) is 41.6 Å². The van der Waals surface area contributed by atoms with Crippen LogP contribution < -0.4 is 11.2 Å². The Labute approximate surface area is 278 Å². The molecule has 1 aliphatic heterocycles. The molecule has 3 aromatic heterocycles. The predicted molar refractivity (Wildman–Crippen MR) is 179 cm³/mol. The van der Waals surface area contributed by atoms with Gasteiger partial charge in [-0.15, -0.1) is 11.3 Å². The molecule has 5 rings (SSSR count). The monoisotopic (exact) mass is 667 g/mol. The summed E-state index contributed by atoms with van der Waals surface area (Å²) in [4.78, 5) is 47.1. The van der Waals surface area contributed by atoms with Gasteiger partial charge in [0.2, 0.25) is 5.89 Å². The summed E-state index contributed by atoms with van der Waals surface area (Å²) in [5.41, 5.74) is -2.14. The van der Waals surface area contributed by atoms with Crippen LogP contribution in [0.3, 0.4) is 0 Å². The molecule has 11 nitrogen and oxygen atoms in total. The van der Waals surface area contributed by atoms with Crippen molar-refractivity contribution in [1.29, 1.82) is 0 Å². The van der Waals surface area contributed by atoms with E-state index < -0.39 is 34.5 Å². The fraction of sp³-hybridized carbons (Fsp3) is 0.543. The van der Waals surface area contributed by atoms with E-state index in [4.69, 9.17) is 23.4 Å². The molecule has 4 heterocycles. The second-order valence-corrected chi connectivity index (χ2v) is 14.7. The summed E-state index contributed by atoms with van der Waals surface area (Å²) in [6.07, 6.45) is 5.27. The molecule has 0 amide bonds. The van der Waals surface area contributed by atoms with Crippen LogP contribution in [0.1, 0.15) is 78.0 Å². The van der Waals surface area contributed by atoms with Crippen LogP contribution in [0.5, 0.6) is 0 Å². The van der Waals surface area contributed by atoms with Gasteiger partial charge in [-0.05, 0) is 71.9 Å². The molecule has 0 N–H and O–H groups in total.